The summed E-state index contributed by atoms with van der Waals surface area (Å²) in [6.45, 7) is -0.825. The van der Waals surface area contributed by atoms with Crippen LogP contribution in [-0.2, 0) is 4.74 Å². The van der Waals surface area contributed by atoms with E-state index >= 15 is 0 Å². The Bertz CT molecular complexity index is 1400. The van der Waals surface area contributed by atoms with E-state index in [1.165, 1.54) is 18.2 Å². The fourth-order valence-corrected chi connectivity index (χ4v) is 5.38. The molecule has 0 radical (unpaired) electrons. The fraction of sp³-hybridized carbons (Fsp3) is 0.333. The van der Waals surface area contributed by atoms with Gasteiger partial charge in [-0.05, 0) is 24.5 Å². The van der Waals surface area contributed by atoms with Gasteiger partial charge in [0.05, 0.1) is 12.2 Å². The molecular weight excluding hydrogens is 520 g/mol. The summed E-state index contributed by atoms with van der Waals surface area (Å²) >= 11 is 0. The SMILES string of the molecule is O=C1c2ccccc2C(=O)c2c1cc([C@H](CCCO)c1ccccc1)c(O[C@H]1O[C@@H](CO)[C@H](O)[C@@H](O)[C@@H]1O)c2O. The Labute approximate surface area is 229 Å². The zero-order valence-corrected chi connectivity index (χ0v) is 21.4. The Morgan fingerprint density at radius 1 is 0.825 bits per heavy atom. The summed E-state index contributed by atoms with van der Waals surface area (Å²) < 4.78 is 11.5. The van der Waals surface area contributed by atoms with Crippen LogP contribution in [0.25, 0.3) is 0 Å². The Hall–Kier alpha value is -3.64. The third-order valence-electron chi connectivity index (χ3n) is 7.48. The van der Waals surface area contributed by atoms with Gasteiger partial charge in [-0.3, -0.25) is 9.59 Å². The van der Waals surface area contributed by atoms with Crippen molar-refractivity contribution in [2.45, 2.75) is 49.5 Å². The van der Waals surface area contributed by atoms with E-state index in [-0.39, 0.29) is 40.2 Å². The van der Waals surface area contributed by atoms with Crippen molar-refractivity contribution in [1.29, 1.82) is 0 Å². The number of fused-ring (bicyclic) bond motifs is 2. The molecule has 6 atom stereocenters. The third-order valence-corrected chi connectivity index (χ3v) is 7.48. The minimum Gasteiger partial charge on any atom is -0.504 e. The van der Waals surface area contributed by atoms with E-state index in [0.29, 0.717) is 12.8 Å². The van der Waals surface area contributed by atoms with E-state index < -0.39 is 60.5 Å². The maximum atomic E-state index is 13.5. The van der Waals surface area contributed by atoms with Gasteiger partial charge in [0.2, 0.25) is 6.29 Å². The molecule has 10 heteroatoms. The molecule has 10 nitrogen and oxygen atoms in total. The first-order chi connectivity index (χ1) is 19.3. The van der Waals surface area contributed by atoms with Gasteiger partial charge >= 0.3 is 0 Å². The van der Waals surface area contributed by atoms with Crippen LogP contribution in [0.3, 0.4) is 0 Å². The molecule has 3 aromatic carbocycles. The number of ketones is 2. The van der Waals surface area contributed by atoms with Crippen LogP contribution in [-0.4, -0.2) is 86.1 Å². The summed E-state index contributed by atoms with van der Waals surface area (Å²) in [7, 11) is 0. The highest BCUT2D eigenvalue weighted by Crippen LogP contribution is 2.47. The van der Waals surface area contributed by atoms with Gasteiger partial charge < -0.3 is 40.1 Å². The first-order valence-electron chi connectivity index (χ1n) is 13.0. The summed E-state index contributed by atoms with van der Waals surface area (Å²) in [5, 5.41) is 61.9. The zero-order chi connectivity index (χ0) is 28.6. The molecule has 0 saturated carbocycles. The fourth-order valence-electron chi connectivity index (χ4n) is 5.38. The van der Waals surface area contributed by atoms with E-state index in [9.17, 15) is 40.2 Å². The van der Waals surface area contributed by atoms with Gasteiger partial charge in [0.25, 0.3) is 0 Å². The van der Waals surface area contributed by atoms with Gasteiger partial charge in [0.1, 0.15) is 24.4 Å². The molecule has 2 aliphatic rings. The molecule has 1 aliphatic carbocycles. The van der Waals surface area contributed by atoms with Crippen molar-refractivity contribution in [1.82, 2.24) is 0 Å². The van der Waals surface area contributed by atoms with Crippen molar-refractivity contribution in [3.8, 4) is 11.5 Å². The summed E-state index contributed by atoms with van der Waals surface area (Å²) in [4.78, 5) is 27.1. The number of aromatic hydroxyl groups is 1. The lowest BCUT2D eigenvalue weighted by molar-refractivity contribution is -0.277. The maximum Gasteiger partial charge on any atom is 0.229 e. The van der Waals surface area contributed by atoms with Gasteiger partial charge in [0.15, 0.2) is 23.1 Å². The number of hydrogen-bond donors (Lipinski definition) is 6. The largest absolute Gasteiger partial charge is 0.504 e. The average Bonchev–Trinajstić information content (AvgIpc) is 2.98. The van der Waals surface area contributed by atoms with Crippen LogP contribution in [0.2, 0.25) is 0 Å². The van der Waals surface area contributed by atoms with E-state index in [0.717, 1.165) is 5.56 Å². The number of hydrogen-bond acceptors (Lipinski definition) is 10. The number of phenolic OH excluding ortho intramolecular Hbond substituents is 1. The Kier molecular flexibility index (Phi) is 7.99. The molecule has 1 aliphatic heterocycles. The lowest BCUT2D eigenvalue weighted by Crippen LogP contribution is -2.60. The van der Waals surface area contributed by atoms with Crippen LogP contribution in [0.15, 0.2) is 60.7 Å². The second-order valence-corrected chi connectivity index (χ2v) is 9.91. The van der Waals surface area contributed by atoms with Gasteiger partial charge in [-0.1, -0.05) is 54.6 Å². The zero-order valence-electron chi connectivity index (χ0n) is 21.4. The van der Waals surface area contributed by atoms with Crippen molar-refractivity contribution in [2.24, 2.45) is 0 Å². The summed E-state index contributed by atoms with van der Waals surface area (Å²) in [5.74, 6) is -2.52. The predicted octanol–water partition coefficient (Wildman–Crippen LogP) is 1.25. The topological polar surface area (TPSA) is 174 Å². The summed E-state index contributed by atoms with van der Waals surface area (Å²) in [6, 6.07) is 16.8. The number of ether oxygens (including phenoxy) is 2. The van der Waals surface area contributed by atoms with Crippen molar-refractivity contribution in [2.75, 3.05) is 13.2 Å². The molecule has 0 bridgehead atoms. The number of carbonyl (C=O) groups excluding carboxylic acids is 2. The first kappa shape index (κ1) is 27.9. The second-order valence-electron chi connectivity index (χ2n) is 9.91. The lowest BCUT2D eigenvalue weighted by Gasteiger charge is -2.40. The van der Waals surface area contributed by atoms with Crippen LogP contribution in [0.1, 0.15) is 61.7 Å². The molecule has 3 aromatic rings. The minimum atomic E-state index is -1.79. The van der Waals surface area contributed by atoms with Crippen LogP contribution in [0.5, 0.6) is 11.5 Å². The minimum absolute atomic E-state index is 0.0257. The Balaban J connectivity index is 1.70. The molecule has 1 heterocycles. The van der Waals surface area contributed by atoms with E-state index in [1.54, 1.807) is 12.1 Å². The van der Waals surface area contributed by atoms with Crippen LogP contribution < -0.4 is 4.74 Å². The molecule has 1 fully saturated rings. The quantitative estimate of drug-likeness (QED) is 0.187. The molecule has 6 N–H and O–H groups in total. The molecule has 40 heavy (non-hydrogen) atoms. The van der Waals surface area contributed by atoms with Crippen molar-refractivity contribution < 1.29 is 49.7 Å². The maximum absolute atomic E-state index is 13.5. The monoisotopic (exact) mass is 550 g/mol. The average molecular weight is 551 g/mol. The van der Waals surface area contributed by atoms with Crippen molar-refractivity contribution >= 4 is 11.6 Å². The number of aliphatic hydroxyl groups is 5. The Morgan fingerprint density at radius 2 is 1.48 bits per heavy atom. The van der Waals surface area contributed by atoms with Crippen molar-refractivity contribution in [3.63, 3.8) is 0 Å². The molecule has 0 amide bonds. The van der Waals surface area contributed by atoms with Crippen LogP contribution in [0.4, 0.5) is 0 Å². The summed E-state index contributed by atoms with van der Waals surface area (Å²) in [5.41, 5.74) is 1.06. The molecular formula is C30H30O10. The third kappa shape index (κ3) is 4.79. The second kappa shape index (κ2) is 11.5. The Morgan fingerprint density at radius 3 is 2.12 bits per heavy atom. The molecule has 5 rings (SSSR count). The molecule has 0 aromatic heterocycles. The number of aliphatic hydroxyl groups excluding tert-OH is 5. The highest BCUT2D eigenvalue weighted by atomic mass is 16.7. The first-order valence-corrected chi connectivity index (χ1v) is 13.0. The number of rotatable bonds is 8. The van der Waals surface area contributed by atoms with E-state index in [1.807, 2.05) is 30.3 Å². The number of carbonyl (C=O) groups is 2. The molecule has 0 unspecified atom stereocenters. The van der Waals surface area contributed by atoms with Gasteiger partial charge in [0, 0.05) is 34.8 Å². The predicted molar refractivity (Wildman–Crippen MR) is 140 cm³/mol. The number of phenols is 1. The normalized spacial score (nSPS) is 24.8. The molecule has 1 saturated heterocycles. The van der Waals surface area contributed by atoms with Crippen LogP contribution in [0, 0.1) is 0 Å². The van der Waals surface area contributed by atoms with Gasteiger partial charge in [-0.15, -0.1) is 0 Å². The lowest BCUT2D eigenvalue weighted by atomic mass is 9.79. The van der Waals surface area contributed by atoms with E-state index in [2.05, 4.69) is 0 Å². The smallest absolute Gasteiger partial charge is 0.229 e. The van der Waals surface area contributed by atoms with Gasteiger partial charge in [-0.25, -0.2) is 0 Å². The summed E-state index contributed by atoms with van der Waals surface area (Å²) in [6.07, 6.45) is -7.38. The van der Waals surface area contributed by atoms with Crippen molar-refractivity contribution in [3.05, 3.63) is 94.0 Å². The number of benzene rings is 3. The molecule has 0 spiro atoms. The molecule has 210 valence electrons. The van der Waals surface area contributed by atoms with Gasteiger partial charge in [-0.2, -0.15) is 0 Å². The highest BCUT2D eigenvalue weighted by Gasteiger charge is 2.46. The highest BCUT2D eigenvalue weighted by molar-refractivity contribution is 6.29. The standard InChI is InChI=1S/C30H30O10/c31-12-6-11-16(15-7-2-1-3-8-15)19-13-20-22(24(34)18-10-5-4-9-17(18)23(20)33)26(36)29(19)40-30-28(38)27(37)25(35)21(14-32)39-30/h1-5,7-10,13,16,21,25,27-28,30-32,35-38H,6,11-12,14H2/t16-,21+,25+,27-,28+,30-/m1/s1. The van der Waals surface area contributed by atoms with E-state index in [4.69, 9.17) is 9.47 Å². The van der Waals surface area contributed by atoms with Crippen LogP contribution >= 0.6 is 0 Å².